The predicted molar refractivity (Wildman–Crippen MR) is 165 cm³/mol. The molecule has 0 radical (unpaired) electrons. The number of benzene rings is 2. The van der Waals surface area contributed by atoms with Gasteiger partial charge in [0, 0.05) is 26.3 Å². The first-order chi connectivity index (χ1) is 22.7. The molecule has 16 nitrogen and oxygen atoms in total. The summed E-state index contributed by atoms with van der Waals surface area (Å²) in [5.41, 5.74) is 1.77. The Morgan fingerprint density at radius 1 is 0.979 bits per heavy atom. The van der Waals surface area contributed by atoms with Crippen molar-refractivity contribution in [2.75, 3.05) is 6.54 Å². The van der Waals surface area contributed by atoms with Crippen LogP contribution in [0.4, 0.5) is 0 Å². The summed E-state index contributed by atoms with van der Waals surface area (Å²) < 4.78 is 15.6. The van der Waals surface area contributed by atoms with Crippen LogP contribution < -0.4 is 20.5 Å². The summed E-state index contributed by atoms with van der Waals surface area (Å²) in [6.45, 7) is 1.40. The number of hydrazine groups is 1. The van der Waals surface area contributed by atoms with Crippen molar-refractivity contribution in [1.82, 2.24) is 26.0 Å². The third kappa shape index (κ3) is 7.84. The standard InChI is InChI=1S/C31H36N5O11P/c1-17(37)32-25(15-18-8-10-19(11-9-18)47-48(44,45)46)28(39)33-23-12-13-27(38)35-14-4-7-26(36(35)30(23)41)29(40)34-24-16-22(31(42)43)20-5-2-3-6-21(20)24/h2-3,5-6,8-11,22-26H,4,7,12-16H2,1H3,(H,32,37)(H,33,39)(H,34,40)(H,42,43)(H2,44,45,46)/t22-,23+,24-,25+,26+/m1/s1. The minimum Gasteiger partial charge on any atom is -0.481 e. The summed E-state index contributed by atoms with van der Waals surface area (Å²) in [5, 5.41) is 20.1. The van der Waals surface area contributed by atoms with Crippen LogP contribution in [0.1, 0.15) is 67.7 Å². The minimum absolute atomic E-state index is 0.0531. The van der Waals surface area contributed by atoms with Crippen molar-refractivity contribution in [1.29, 1.82) is 0 Å². The molecular formula is C31H36N5O11P. The number of rotatable bonds is 10. The minimum atomic E-state index is -4.78. The number of carboxylic acid groups (broad SMARTS) is 1. The quantitative estimate of drug-likeness (QED) is 0.190. The highest BCUT2D eigenvalue weighted by atomic mass is 31.2. The Kier molecular flexibility index (Phi) is 10.2. The van der Waals surface area contributed by atoms with Crippen LogP contribution in [0.2, 0.25) is 0 Å². The zero-order chi connectivity index (χ0) is 34.7. The topological polar surface area (TPSA) is 232 Å². The van der Waals surface area contributed by atoms with E-state index in [1.54, 1.807) is 24.3 Å². The number of phosphoric ester groups is 1. The molecule has 1 aliphatic carbocycles. The Morgan fingerprint density at radius 3 is 2.31 bits per heavy atom. The molecule has 6 N–H and O–H groups in total. The summed E-state index contributed by atoms with van der Waals surface area (Å²) in [6.07, 6.45) is 0.599. The number of carbonyl (C=O) groups is 6. The van der Waals surface area contributed by atoms with Crippen LogP contribution in [0, 0.1) is 0 Å². The van der Waals surface area contributed by atoms with Crippen LogP contribution in [-0.2, 0) is 39.8 Å². The fourth-order valence-electron chi connectivity index (χ4n) is 6.47. The molecular weight excluding hydrogens is 649 g/mol. The third-order valence-electron chi connectivity index (χ3n) is 8.59. The fourth-order valence-corrected chi connectivity index (χ4v) is 6.86. The molecule has 0 saturated carbocycles. The second-order valence-electron chi connectivity index (χ2n) is 12.0. The lowest BCUT2D eigenvalue weighted by molar-refractivity contribution is -0.176. The second-order valence-corrected chi connectivity index (χ2v) is 13.1. The van der Waals surface area contributed by atoms with E-state index in [1.807, 2.05) is 0 Å². The molecule has 48 heavy (non-hydrogen) atoms. The fraction of sp³-hybridized carbons (Fsp3) is 0.419. The van der Waals surface area contributed by atoms with Gasteiger partial charge in [-0.3, -0.25) is 43.6 Å². The zero-order valence-corrected chi connectivity index (χ0v) is 26.8. The molecule has 0 spiro atoms. The number of amides is 5. The van der Waals surface area contributed by atoms with Gasteiger partial charge >= 0.3 is 13.8 Å². The van der Waals surface area contributed by atoms with Gasteiger partial charge in [-0.25, -0.2) is 9.57 Å². The number of nitrogens with zero attached hydrogens (tertiary/aromatic N) is 2. The molecule has 0 bridgehead atoms. The summed E-state index contributed by atoms with van der Waals surface area (Å²) in [5.74, 6) is -4.81. The van der Waals surface area contributed by atoms with Gasteiger partial charge in [-0.15, -0.1) is 0 Å². The van der Waals surface area contributed by atoms with E-state index >= 15 is 0 Å². The SMILES string of the molecule is CC(=O)N[C@@H](Cc1ccc(OP(=O)(O)O)cc1)C(=O)N[C@H]1CCC(=O)N2CCC[C@@H](C(=O)N[C@@H]3C[C@@H](C(=O)O)c4ccccc43)N2C1=O. The van der Waals surface area contributed by atoms with Crippen molar-refractivity contribution in [2.45, 2.75) is 75.5 Å². The van der Waals surface area contributed by atoms with Gasteiger partial charge in [-0.05, 0) is 54.5 Å². The predicted octanol–water partition coefficient (Wildman–Crippen LogP) is 0.648. The highest BCUT2D eigenvalue weighted by Crippen LogP contribution is 2.41. The van der Waals surface area contributed by atoms with Gasteiger partial charge in [0.05, 0.1) is 12.0 Å². The smallest absolute Gasteiger partial charge is 0.481 e. The molecule has 17 heteroatoms. The summed E-state index contributed by atoms with van der Waals surface area (Å²) in [6, 6.07) is 8.34. The molecule has 256 valence electrons. The van der Waals surface area contributed by atoms with Gasteiger partial charge in [-0.2, -0.15) is 0 Å². The Balaban J connectivity index is 1.32. The van der Waals surface area contributed by atoms with E-state index in [2.05, 4.69) is 20.5 Å². The van der Waals surface area contributed by atoms with Crippen molar-refractivity contribution in [3.05, 3.63) is 65.2 Å². The van der Waals surface area contributed by atoms with Gasteiger partial charge in [0.2, 0.25) is 23.6 Å². The molecule has 0 aromatic heterocycles. The van der Waals surface area contributed by atoms with Crippen LogP contribution in [-0.4, -0.2) is 85.1 Å². The summed E-state index contributed by atoms with van der Waals surface area (Å²) in [4.78, 5) is 96.3. The van der Waals surface area contributed by atoms with Crippen LogP contribution in [0.3, 0.4) is 0 Å². The van der Waals surface area contributed by atoms with Gasteiger partial charge in [0.15, 0.2) is 0 Å². The first-order valence-corrected chi connectivity index (χ1v) is 16.9. The van der Waals surface area contributed by atoms with E-state index in [0.29, 0.717) is 23.1 Å². The third-order valence-corrected chi connectivity index (χ3v) is 9.04. The van der Waals surface area contributed by atoms with E-state index in [4.69, 9.17) is 9.79 Å². The van der Waals surface area contributed by atoms with Crippen molar-refractivity contribution >= 4 is 43.3 Å². The van der Waals surface area contributed by atoms with Gasteiger partial charge < -0.3 is 25.6 Å². The lowest BCUT2D eigenvalue weighted by atomic mass is 10.0. The number of nitrogens with one attached hydrogen (secondary N) is 3. The van der Waals surface area contributed by atoms with Crippen molar-refractivity contribution in [3.8, 4) is 5.75 Å². The maximum absolute atomic E-state index is 14.0. The number of phosphoric acid groups is 1. The van der Waals surface area contributed by atoms with Crippen molar-refractivity contribution in [3.63, 3.8) is 0 Å². The average Bonchev–Trinajstić information content (AvgIpc) is 3.34. The zero-order valence-electron chi connectivity index (χ0n) is 25.9. The highest BCUT2D eigenvalue weighted by Gasteiger charge is 2.46. The number of hydrogen-bond donors (Lipinski definition) is 6. The van der Waals surface area contributed by atoms with Crippen LogP contribution in [0.25, 0.3) is 0 Å². The Hall–Kier alpha value is -4.79. The molecule has 2 saturated heterocycles. The van der Waals surface area contributed by atoms with E-state index < -0.39 is 73.4 Å². The monoisotopic (exact) mass is 685 g/mol. The van der Waals surface area contributed by atoms with E-state index in [1.165, 1.54) is 36.2 Å². The number of hydrogen-bond acceptors (Lipinski definition) is 8. The first kappa shape index (κ1) is 34.5. The van der Waals surface area contributed by atoms with Gasteiger partial charge in [-0.1, -0.05) is 36.4 Å². The molecule has 2 heterocycles. The maximum Gasteiger partial charge on any atom is 0.524 e. The van der Waals surface area contributed by atoms with E-state index in [0.717, 1.165) is 5.01 Å². The molecule has 3 aliphatic rings. The van der Waals surface area contributed by atoms with E-state index in [9.17, 15) is 38.4 Å². The number of carboxylic acids is 1. The molecule has 2 fully saturated rings. The molecule has 2 aromatic rings. The second kappa shape index (κ2) is 14.1. The molecule has 5 rings (SSSR count). The van der Waals surface area contributed by atoms with Gasteiger partial charge in [0.1, 0.15) is 23.9 Å². The normalized spacial score (nSPS) is 22.9. The van der Waals surface area contributed by atoms with E-state index in [-0.39, 0.29) is 44.4 Å². The van der Waals surface area contributed by atoms with Crippen molar-refractivity contribution in [2.24, 2.45) is 0 Å². The maximum atomic E-state index is 14.0. The lowest BCUT2D eigenvalue weighted by Crippen LogP contribution is -2.64. The Labute approximate surface area is 275 Å². The molecule has 2 aromatic carbocycles. The highest BCUT2D eigenvalue weighted by molar-refractivity contribution is 7.46. The lowest BCUT2D eigenvalue weighted by Gasteiger charge is -2.43. The van der Waals surface area contributed by atoms with Crippen LogP contribution in [0.5, 0.6) is 5.75 Å². The Morgan fingerprint density at radius 2 is 1.67 bits per heavy atom. The number of carbonyl (C=O) groups excluding carboxylic acids is 5. The average molecular weight is 686 g/mol. The largest absolute Gasteiger partial charge is 0.524 e. The first-order valence-electron chi connectivity index (χ1n) is 15.4. The van der Waals surface area contributed by atoms with Gasteiger partial charge in [0.25, 0.3) is 5.91 Å². The summed E-state index contributed by atoms with van der Waals surface area (Å²) in [7, 11) is -4.78. The summed E-state index contributed by atoms with van der Waals surface area (Å²) >= 11 is 0. The molecule has 2 aliphatic heterocycles. The molecule has 5 atom stereocenters. The number of fused-ring (bicyclic) bond motifs is 2. The Bertz CT molecular complexity index is 1660. The number of aliphatic carboxylic acids is 1. The van der Waals surface area contributed by atoms with Crippen molar-refractivity contribution < 1.29 is 52.7 Å². The van der Waals surface area contributed by atoms with Crippen LogP contribution >= 0.6 is 7.82 Å². The molecule has 0 unspecified atom stereocenters. The molecule has 5 amide bonds. The van der Waals surface area contributed by atoms with Crippen LogP contribution in [0.15, 0.2) is 48.5 Å².